The molecule has 0 bridgehead atoms. The summed E-state index contributed by atoms with van der Waals surface area (Å²) < 4.78 is 66.3. The molecule has 3 nitrogen and oxygen atoms in total. The van der Waals surface area contributed by atoms with Crippen LogP contribution in [-0.2, 0) is 16.0 Å². The summed E-state index contributed by atoms with van der Waals surface area (Å²) in [7, 11) is -3.68. The summed E-state index contributed by atoms with van der Waals surface area (Å²) in [6.45, 7) is 1.46. The highest BCUT2D eigenvalue weighted by atomic mass is 79.9. The van der Waals surface area contributed by atoms with Crippen LogP contribution in [0.3, 0.4) is 0 Å². The van der Waals surface area contributed by atoms with E-state index in [9.17, 15) is 21.6 Å². The second-order valence-corrected chi connectivity index (χ2v) is 8.64. The lowest BCUT2D eigenvalue weighted by Crippen LogP contribution is -2.05. The number of rotatable bonds is 3. The fourth-order valence-corrected chi connectivity index (χ4v) is 4.08. The normalized spacial score (nSPS) is 12.7. The van der Waals surface area contributed by atoms with Gasteiger partial charge in [-0.2, -0.15) is 13.2 Å². The van der Waals surface area contributed by atoms with E-state index < -0.39 is 21.6 Å². The van der Waals surface area contributed by atoms with Gasteiger partial charge in [-0.1, -0.05) is 28.9 Å². The van der Waals surface area contributed by atoms with Gasteiger partial charge in [-0.25, -0.2) is 8.42 Å². The Hall–Kier alpha value is -1.80. The molecule has 0 saturated heterocycles. The van der Waals surface area contributed by atoms with E-state index in [1.165, 1.54) is 19.2 Å². The molecule has 0 radical (unpaired) electrons. The minimum absolute atomic E-state index is 0.0663. The van der Waals surface area contributed by atoms with Crippen molar-refractivity contribution in [1.29, 1.82) is 0 Å². The van der Waals surface area contributed by atoms with Gasteiger partial charge in [0.2, 0.25) is 0 Å². The third-order valence-electron chi connectivity index (χ3n) is 3.90. The number of hydrogen-bond donors (Lipinski definition) is 0. The fraction of sp³-hybridized carbons (Fsp3) is 0.176. The molecule has 0 spiro atoms. The molecule has 0 aliphatic rings. The lowest BCUT2D eigenvalue weighted by Gasteiger charge is -2.09. The monoisotopic (exact) mass is 431 g/mol. The van der Waals surface area contributed by atoms with Crippen molar-refractivity contribution >= 4 is 36.7 Å². The fourth-order valence-electron chi connectivity index (χ4n) is 2.62. The first-order valence-corrected chi connectivity index (χ1v) is 9.79. The van der Waals surface area contributed by atoms with Crippen molar-refractivity contribution < 1.29 is 21.6 Å². The zero-order valence-electron chi connectivity index (χ0n) is 13.0. The van der Waals surface area contributed by atoms with Crippen molar-refractivity contribution in [3.8, 4) is 5.69 Å². The second kappa shape index (κ2) is 6.17. The molecule has 0 atom stereocenters. The molecule has 132 valence electrons. The molecule has 1 aromatic heterocycles. The van der Waals surface area contributed by atoms with Crippen LogP contribution in [0.1, 0.15) is 12.5 Å². The maximum absolute atomic E-state index is 13.0. The van der Waals surface area contributed by atoms with Crippen LogP contribution in [0.25, 0.3) is 16.6 Å². The standard InChI is InChI=1S/C17H13BrF3NO2S/c1-2-25(23,24)16-10-22(13-5-3-4-12(18)9-13)15-7-6-11(8-14(15)16)17(19,20)21/h3-10H,2H2,1H3. The van der Waals surface area contributed by atoms with Crippen LogP contribution >= 0.6 is 15.9 Å². The molecular formula is C17H13BrF3NO2S. The average Bonchev–Trinajstić information content (AvgIpc) is 2.93. The van der Waals surface area contributed by atoms with Gasteiger partial charge in [-0.05, 0) is 36.4 Å². The Kier molecular flexibility index (Phi) is 4.45. The lowest BCUT2D eigenvalue weighted by molar-refractivity contribution is -0.137. The van der Waals surface area contributed by atoms with Crippen LogP contribution in [0.2, 0.25) is 0 Å². The Bertz CT molecular complexity index is 1060. The molecule has 3 rings (SSSR count). The topological polar surface area (TPSA) is 39.1 Å². The number of fused-ring (bicyclic) bond motifs is 1. The van der Waals surface area contributed by atoms with Crippen LogP contribution in [0, 0.1) is 0 Å². The average molecular weight is 432 g/mol. The molecular weight excluding hydrogens is 419 g/mol. The lowest BCUT2D eigenvalue weighted by atomic mass is 10.1. The highest BCUT2D eigenvalue weighted by Crippen LogP contribution is 2.35. The molecule has 0 unspecified atom stereocenters. The molecule has 8 heteroatoms. The summed E-state index contributed by atoms with van der Waals surface area (Å²) >= 11 is 3.34. The van der Waals surface area contributed by atoms with Gasteiger partial charge >= 0.3 is 6.18 Å². The number of hydrogen-bond acceptors (Lipinski definition) is 2. The number of halogens is 4. The van der Waals surface area contributed by atoms with Crippen LogP contribution in [0.15, 0.2) is 58.0 Å². The Morgan fingerprint density at radius 2 is 1.84 bits per heavy atom. The number of benzene rings is 2. The van der Waals surface area contributed by atoms with Crippen molar-refractivity contribution in [2.75, 3.05) is 5.75 Å². The van der Waals surface area contributed by atoms with E-state index >= 15 is 0 Å². The van der Waals surface area contributed by atoms with Crippen molar-refractivity contribution in [2.45, 2.75) is 18.0 Å². The van der Waals surface area contributed by atoms with E-state index in [0.717, 1.165) is 16.6 Å². The maximum Gasteiger partial charge on any atom is 0.416 e. The van der Waals surface area contributed by atoms with E-state index in [1.54, 1.807) is 28.8 Å². The smallest absolute Gasteiger partial charge is 0.315 e. The van der Waals surface area contributed by atoms with Crippen molar-refractivity contribution in [3.05, 3.63) is 58.7 Å². The molecule has 0 saturated carbocycles. The van der Waals surface area contributed by atoms with E-state index in [-0.39, 0.29) is 16.0 Å². The zero-order valence-corrected chi connectivity index (χ0v) is 15.4. The molecule has 1 heterocycles. The number of nitrogens with zero attached hydrogens (tertiary/aromatic N) is 1. The number of aromatic nitrogens is 1. The van der Waals surface area contributed by atoms with Crippen LogP contribution < -0.4 is 0 Å². The zero-order chi connectivity index (χ0) is 18.4. The van der Waals surface area contributed by atoms with Gasteiger partial charge in [0.05, 0.1) is 21.7 Å². The first-order valence-electron chi connectivity index (χ1n) is 7.34. The Morgan fingerprint density at radius 1 is 1.12 bits per heavy atom. The van der Waals surface area contributed by atoms with Gasteiger partial charge < -0.3 is 4.57 Å². The second-order valence-electron chi connectivity index (χ2n) is 5.48. The quantitative estimate of drug-likeness (QED) is 0.571. The van der Waals surface area contributed by atoms with E-state index in [0.29, 0.717) is 11.2 Å². The minimum Gasteiger partial charge on any atom is -0.315 e. The molecule has 0 N–H and O–H groups in total. The summed E-state index contributed by atoms with van der Waals surface area (Å²) in [5, 5.41) is 0.0663. The van der Waals surface area contributed by atoms with Gasteiger partial charge in [-0.3, -0.25) is 0 Å². The summed E-state index contributed by atoms with van der Waals surface area (Å²) in [4.78, 5) is -0.101. The molecule has 0 aliphatic carbocycles. The van der Waals surface area contributed by atoms with Crippen LogP contribution in [0.5, 0.6) is 0 Å². The summed E-state index contributed by atoms with van der Waals surface area (Å²) in [6, 6.07) is 10.2. The molecule has 3 aromatic rings. The van der Waals surface area contributed by atoms with Crippen molar-refractivity contribution in [1.82, 2.24) is 4.57 Å². The Morgan fingerprint density at radius 3 is 2.44 bits per heavy atom. The molecule has 0 amide bonds. The number of alkyl halides is 3. The Labute approximate surface area is 151 Å². The highest BCUT2D eigenvalue weighted by Gasteiger charge is 2.32. The molecule has 0 fully saturated rings. The molecule has 0 aliphatic heterocycles. The third-order valence-corrected chi connectivity index (χ3v) is 6.15. The van der Waals surface area contributed by atoms with Gasteiger partial charge in [0.1, 0.15) is 0 Å². The van der Waals surface area contributed by atoms with E-state index in [4.69, 9.17) is 0 Å². The summed E-state index contributed by atoms with van der Waals surface area (Å²) in [6.07, 6.45) is -3.16. The SMILES string of the molecule is CCS(=O)(=O)c1cn(-c2cccc(Br)c2)c2ccc(C(F)(F)F)cc12. The van der Waals surface area contributed by atoms with Crippen molar-refractivity contribution in [2.24, 2.45) is 0 Å². The largest absolute Gasteiger partial charge is 0.416 e. The predicted molar refractivity (Wildman–Crippen MR) is 93.7 cm³/mol. The van der Waals surface area contributed by atoms with Gasteiger partial charge in [0.25, 0.3) is 0 Å². The van der Waals surface area contributed by atoms with Crippen molar-refractivity contribution in [3.63, 3.8) is 0 Å². The molecule has 25 heavy (non-hydrogen) atoms. The first-order chi connectivity index (χ1) is 11.6. The minimum atomic E-state index is -4.54. The van der Waals surface area contributed by atoms with Crippen LogP contribution in [0.4, 0.5) is 13.2 Å². The summed E-state index contributed by atoms with van der Waals surface area (Å²) in [5.74, 6) is -0.194. The molecule has 2 aromatic carbocycles. The highest BCUT2D eigenvalue weighted by molar-refractivity contribution is 9.10. The maximum atomic E-state index is 13.0. The third kappa shape index (κ3) is 3.32. The first kappa shape index (κ1) is 18.0. The van der Waals surface area contributed by atoms with Gasteiger partial charge in [0.15, 0.2) is 9.84 Å². The predicted octanol–water partition coefficient (Wildman–Crippen LogP) is 5.21. The summed E-state index contributed by atoms with van der Waals surface area (Å²) in [5.41, 5.74) is 0.175. The van der Waals surface area contributed by atoms with Gasteiger partial charge in [-0.15, -0.1) is 0 Å². The van der Waals surface area contributed by atoms with Gasteiger partial charge in [0, 0.05) is 21.7 Å². The van der Waals surface area contributed by atoms with Crippen LogP contribution in [-0.4, -0.2) is 18.7 Å². The number of sulfone groups is 1. The van der Waals surface area contributed by atoms with E-state index in [1.807, 2.05) is 0 Å². The van der Waals surface area contributed by atoms with E-state index in [2.05, 4.69) is 15.9 Å². The Balaban J connectivity index is 2.37.